The van der Waals surface area contributed by atoms with Crippen molar-refractivity contribution in [1.29, 1.82) is 0 Å². The SMILES string of the molecule is CCC(CNC(C)C)n1nc(C)nc1C. The van der Waals surface area contributed by atoms with Crippen LogP contribution >= 0.6 is 0 Å². The van der Waals surface area contributed by atoms with Crippen LogP contribution in [0, 0.1) is 13.8 Å². The van der Waals surface area contributed by atoms with Crippen LogP contribution in [0.1, 0.15) is 44.9 Å². The van der Waals surface area contributed by atoms with E-state index in [2.05, 4.69) is 36.2 Å². The zero-order chi connectivity index (χ0) is 11.4. The molecule has 1 rings (SSSR count). The predicted octanol–water partition coefficient (Wildman–Crippen LogP) is 1.84. The summed E-state index contributed by atoms with van der Waals surface area (Å²) in [7, 11) is 0. The van der Waals surface area contributed by atoms with Gasteiger partial charge in [-0.15, -0.1) is 0 Å². The highest BCUT2D eigenvalue weighted by atomic mass is 15.4. The third-order valence-electron chi connectivity index (χ3n) is 2.49. The molecule has 1 atom stereocenters. The summed E-state index contributed by atoms with van der Waals surface area (Å²) in [6, 6.07) is 0.928. The van der Waals surface area contributed by atoms with E-state index in [0.717, 1.165) is 24.6 Å². The summed E-state index contributed by atoms with van der Waals surface area (Å²) in [4.78, 5) is 4.33. The highest BCUT2D eigenvalue weighted by Crippen LogP contribution is 2.11. The summed E-state index contributed by atoms with van der Waals surface area (Å²) in [6.07, 6.45) is 1.07. The third-order valence-corrected chi connectivity index (χ3v) is 2.49. The maximum absolute atomic E-state index is 4.42. The van der Waals surface area contributed by atoms with Crippen LogP contribution in [0.3, 0.4) is 0 Å². The Kier molecular flexibility index (Phi) is 4.27. The number of hydrogen-bond acceptors (Lipinski definition) is 3. The minimum atomic E-state index is 0.411. The molecule has 0 spiro atoms. The number of hydrogen-bond donors (Lipinski definition) is 1. The Morgan fingerprint density at radius 2 is 2.00 bits per heavy atom. The minimum absolute atomic E-state index is 0.411. The predicted molar refractivity (Wildman–Crippen MR) is 62.0 cm³/mol. The van der Waals surface area contributed by atoms with E-state index < -0.39 is 0 Å². The van der Waals surface area contributed by atoms with Gasteiger partial charge in [-0.25, -0.2) is 9.67 Å². The molecule has 1 heterocycles. The topological polar surface area (TPSA) is 42.7 Å². The Hall–Kier alpha value is -0.900. The monoisotopic (exact) mass is 210 g/mol. The normalized spacial score (nSPS) is 13.5. The molecule has 0 aliphatic rings. The van der Waals surface area contributed by atoms with Gasteiger partial charge in [-0.05, 0) is 20.3 Å². The van der Waals surface area contributed by atoms with Gasteiger partial charge >= 0.3 is 0 Å². The van der Waals surface area contributed by atoms with Gasteiger partial charge in [0.2, 0.25) is 0 Å². The van der Waals surface area contributed by atoms with E-state index in [0.29, 0.717) is 12.1 Å². The van der Waals surface area contributed by atoms with Gasteiger partial charge in [0.15, 0.2) is 0 Å². The molecule has 0 aromatic carbocycles. The Morgan fingerprint density at radius 3 is 2.40 bits per heavy atom. The number of aryl methyl sites for hydroxylation is 2. The Morgan fingerprint density at radius 1 is 1.33 bits per heavy atom. The lowest BCUT2D eigenvalue weighted by Gasteiger charge is -2.18. The van der Waals surface area contributed by atoms with Crippen molar-refractivity contribution in [1.82, 2.24) is 20.1 Å². The molecule has 1 unspecified atom stereocenters. The second kappa shape index (κ2) is 5.26. The second-order valence-corrected chi connectivity index (χ2v) is 4.28. The third kappa shape index (κ3) is 3.30. The van der Waals surface area contributed by atoms with E-state index in [1.54, 1.807) is 0 Å². The van der Waals surface area contributed by atoms with E-state index in [9.17, 15) is 0 Å². The van der Waals surface area contributed by atoms with E-state index >= 15 is 0 Å². The second-order valence-electron chi connectivity index (χ2n) is 4.28. The first-order valence-electron chi connectivity index (χ1n) is 5.67. The van der Waals surface area contributed by atoms with Gasteiger partial charge in [-0.2, -0.15) is 5.10 Å². The molecule has 1 N–H and O–H groups in total. The number of rotatable bonds is 5. The number of nitrogens with zero attached hydrogens (tertiary/aromatic N) is 3. The van der Waals surface area contributed by atoms with Gasteiger partial charge < -0.3 is 5.32 Å². The first-order chi connectivity index (χ1) is 7.04. The van der Waals surface area contributed by atoms with E-state index in [1.807, 2.05) is 18.5 Å². The van der Waals surface area contributed by atoms with Gasteiger partial charge in [0.25, 0.3) is 0 Å². The maximum Gasteiger partial charge on any atom is 0.147 e. The van der Waals surface area contributed by atoms with Crippen LogP contribution in [0.15, 0.2) is 0 Å². The summed E-state index contributed by atoms with van der Waals surface area (Å²) in [5.74, 6) is 1.86. The highest BCUT2D eigenvalue weighted by molar-refractivity contribution is 4.90. The molecule has 1 aromatic rings. The molecular weight excluding hydrogens is 188 g/mol. The lowest BCUT2D eigenvalue weighted by Crippen LogP contribution is -2.31. The van der Waals surface area contributed by atoms with Gasteiger partial charge in [0, 0.05) is 12.6 Å². The van der Waals surface area contributed by atoms with Gasteiger partial charge in [-0.1, -0.05) is 20.8 Å². The molecule has 15 heavy (non-hydrogen) atoms. The first-order valence-corrected chi connectivity index (χ1v) is 5.67. The molecule has 4 nitrogen and oxygen atoms in total. The maximum atomic E-state index is 4.42. The summed E-state index contributed by atoms with van der Waals surface area (Å²) < 4.78 is 2.03. The Balaban J connectivity index is 2.69. The molecule has 1 aromatic heterocycles. The van der Waals surface area contributed by atoms with Gasteiger partial charge in [0.05, 0.1) is 6.04 Å². The molecule has 0 saturated heterocycles. The number of aromatic nitrogens is 3. The molecule has 0 saturated carbocycles. The van der Waals surface area contributed by atoms with Crippen molar-refractivity contribution in [3.8, 4) is 0 Å². The molecule has 0 bridgehead atoms. The van der Waals surface area contributed by atoms with Crippen LogP contribution in [0.25, 0.3) is 0 Å². The fourth-order valence-electron chi connectivity index (χ4n) is 1.66. The fraction of sp³-hybridized carbons (Fsp3) is 0.818. The van der Waals surface area contributed by atoms with E-state index in [4.69, 9.17) is 0 Å². The van der Waals surface area contributed by atoms with Gasteiger partial charge in [0.1, 0.15) is 11.6 Å². The first kappa shape index (κ1) is 12.2. The van der Waals surface area contributed by atoms with E-state index in [1.165, 1.54) is 0 Å². The van der Waals surface area contributed by atoms with Crippen molar-refractivity contribution in [3.63, 3.8) is 0 Å². The van der Waals surface area contributed by atoms with Crippen LogP contribution < -0.4 is 5.32 Å². The molecule has 0 aliphatic carbocycles. The van der Waals surface area contributed by atoms with Crippen LogP contribution in [0.2, 0.25) is 0 Å². The van der Waals surface area contributed by atoms with Crippen molar-refractivity contribution in [2.24, 2.45) is 0 Å². The summed E-state index contributed by atoms with van der Waals surface area (Å²) in [5, 5.41) is 7.87. The minimum Gasteiger partial charge on any atom is -0.312 e. The van der Waals surface area contributed by atoms with Crippen molar-refractivity contribution in [2.45, 2.75) is 53.1 Å². The molecule has 86 valence electrons. The largest absolute Gasteiger partial charge is 0.312 e. The molecular formula is C11H22N4. The van der Waals surface area contributed by atoms with E-state index in [-0.39, 0.29) is 0 Å². The van der Waals surface area contributed by atoms with Crippen molar-refractivity contribution in [2.75, 3.05) is 6.54 Å². The average Bonchev–Trinajstić information content (AvgIpc) is 2.46. The Labute approximate surface area is 92.1 Å². The molecule has 0 aliphatic heterocycles. The van der Waals surface area contributed by atoms with Crippen molar-refractivity contribution < 1.29 is 0 Å². The molecule has 0 amide bonds. The van der Waals surface area contributed by atoms with Crippen molar-refractivity contribution >= 4 is 0 Å². The zero-order valence-electron chi connectivity index (χ0n) is 10.4. The number of nitrogens with one attached hydrogen (secondary N) is 1. The van der Waals surface area contributed by atoms with Crippen molar-refractivity contribution in [3.05, 3.63) is 11.6 Å². The summed E-state index contributed by atoms with van der Waals surface area (Å²) in [5.41, 5.74) is 0. The standard InChI is InChI=1S/C11H22N4/c1-6-11(7-12-8(2)3)15-10(5)13-9(4)14-15/h8,11-12H,6-7H2,1-5H3. The van der Waals surface area contributed by atoms with Crippen LogP contribution in [-0.2, 0) is 0 Å². The lowest BCUT2D eigenvalue weighted by molar-refractivity contribution is 0.388. The molecule has 0 radical (unpaired) electrons. The smallest absolute Gasteiger partial charge is 0.147 e. The molecule has 4 heteroatoms. The molecule has 0 fully saturated rings. The Bertz CT molecular complexity index is 304. The lowest BCUT2D eigenvalue weighted by atomic mass is 10.2. The van der Waals surface area contributed by atoms with Crippen LogP contribution in [0.4, 0.5) is 0 Å². The van der Waals surface area contributed by atoms with Gasteiger partial charge in [-0.3, -0.25) is 0 Å². The van der Waals surface area contributed by atoms with Crippen LogP contribution in [0.5, 0.6) is 0 Å². The summed E-state index contributed by atoms with van der Waals surface area (Å²) >= 11 is 0. The average molecular weight is 210 g/mol. The highest BCUT2D eigenvalue weighted by Gasteiger charge is 2.13. The van der Waals surface area contributed by atoms with Crippen LogP contribution in [-0.4, -0.2) is 27.4 Å². The fourth-order valence-corrected chi connectivity index (χ4v) is 1.66. The summed E-state index contributed by atoms with van der Waals surface area (Å²) in [6.45, 7) is 11.4. The quantitative estimate of drug-likeness (QED) is 0.806. The zero-order valence-corrected chi connectivity index (χ0v) is 10.4.